The van der Waals surface area contributed by atoms with E-state index in [0.29, 0.717) is 30.8 Å². The number of hydrogen-bond acceptors (Lipinski definition) is 5. The van der Waals surface area contributed by atoms with Crippen LogP contribution in [0.25, 0.3) is 22.0 Å². The van der Waals surface area contributed by atoms with Crippen molar-refractivity contribution < 1.29 is 13.5 Å². The molecule has 9 heteroatoms. The van der Waals surface area contributed by atoms with Crippen LogP contribution in [0.2, 0.25) is 0 Å². The predicted octanol–water partition coefficient (Wildman–Crippen LogP) is 4.84. The fourth-order valence-corrected chi connectivity index (χ4v) is 5.22. The molecule has 1 aliphatic heterocycles. The standard InChI is InChI=1S/C29H32N4O4S/c1-2-3-8-28-30-26-14-13-23(32-15-17-37-18-16-32)19-25(26)29(34)33(28)20-21-9-11-22(12-10-21)24-6-4-5-7-27(24)31-38(35)36/h4-7,9-14,19,31H,2-3,8,15-18,20H2,1H3,(H,35,36). The van der Waals surface area contributed by atoms with Crippen LogP contribution in [0.15, 0.2) is 71.5 Å². The van der Waals surface area contributed by atoms with Gasteiger partial charge in [0.15, 0.2) is 0 Å². The van der Waals surface area contributed by atoms with Crippen LogP contribution in [-0.2, 0) is 29.0 Å². The highest BCUT2D eigenvalue weighted by Crippen LogP contribution is 2.28. The highest BCUT2D eigenvalue weighted by atomic mass is 32.2. The van der Waals surface area contributed by atoms with Crippen molar-refractivity contribution in [3.8, 4) is 11.1 Å². The zero-order valence-electron chi connectivity index (χ0n) is 21.4. The Morgan fingerprint density at radius 1 is 1.05 bits per heavy atom. The summed E-state index contributed by atoms with van der Waals surface area (Å²) in [5.74, 6) is 0.799. The van der Waals surface area contributed by atoms with Gasteiger partial charge in [0.05, 0.1) is 36.3 Å². The maximum atomic E-state index is 13.8. The Morgan fingerprint density at radius 3 is 2.55 bits per heavy atom. The Hall–Kier alpha value is -3.53. The molecule has 1 aliphatic rings. The van der Waals surface area contributed by atoms with Gasteiger partial charge in [-0.2, -0.15) is 0 Å². The minimum Gasteiger partial charge on any atom is -0.378 e. The van der Waals surface area contributed by atoms with Crippen molar-refractivity contribution in [3.05, 3.63) is 88.5 Å². The molecule has 198 valence electrons. The molecule has 0 saturated carbocycles. The topological polar surface area (TPSA) is 96.7 Å². The van der Waals surface area contributed by atoms with E-state index < -0.39 is 11.3 Å². The lowest BCUT2D eigenvalue weighted by atomic mass is 10.0. The Morgan fingerprint density at radius 2 is 1.82 bits per heavy atom. The number of unbranched alkanes of at least 4 members (excludes halogenated alkanes) is 1. The summed E-state index contributed by atoms with van der Waals surface area (Å²) in [4.78, 5) is 21.0. The Labute approximate surface area is 224 Å². The minimum absolute atomic E-state index is 0.0275. The summed E-state index contributed by atoms with van der Waals surface area (Å²) in [7, 11) is 0. The van der Waals surface area contributed by atoms with Crippen molar-refractivity contribution in [2.75, 3.05) is 35.9 Å². The number of aromatic nitrogens is 2. The third kappa shape index (κ3) is 5.80. The van der Waals surface area contributed by atoms with Gasteiger partial charge in [0.25, 0.3) is 16.8 Å². The van der Waals surface area contributed by atoms with E-state index >= 15 is 0 Å². The van der Waals surface area contributed by atoms with Gasteiger partial charge >= 0.3 is 0 Å². The lowest BCUT2D eigenvalue weighted by Crippen LogP contribution is -2.36. The van der Waals surface area contributed by atoms with Gasteiger partial charge in [-0.3, -0.25) is 18.6 Å². The van der Waals surface area contributed by atoms with Crippen molar-refractivity contribution >= 4 is 33.5 Å². The highest BCUT2D eigenvalue weighted by molar-refractivity contribution is 7.80. The zero-order valence-corrected chi connectivity index (χ0v) is 22.2. The summed E-state index contributed by atoms with van der Waals surface area (Å²) in [6.45, 7) is 5.54. The van der Waals surface area contributed by atoms with E-state index in [1.54, 1.807) is 10.6 Å². The van der Waals surface area contributed by atoms with Crippen molar-refractivity contribution in [2.45, 2.75) is 32.7 Å². The van der Waals surface area contributed by atoms with E-state index in [1.165, 1.54) is 0 Å². The van der Waals surface area contributed by atoms with Gasteiger partial charge in [-0.15, -0.1) is 0 Å². The number of fused-ring (bicyclic) bond motifs is 1. The fourth-order valence-electron chi connectivity index (χ4n) is 4.85. The third-order valence-electron chi connectivity index (χ3n) is 6.88. The lowest BCUT2D eigenvalue weighted by molar-refractivity contribution is 0.122. The number of benzene rings is 3. The number of rotatable bonds is 9. The van der Waals surface area contributed by atoms with E-state index in [-0.39, 0.29) is 5.56 Å². The van der Waals surface area contributed by atoms with Crippen molar-refractivity contribution in [3.63, 3.8) is 0 Å². The van der Waals surface area contributed by atoms with Crippen LogP contribution in [-0.4, -0.2) is 44.6 Å². The first-order chi connectivity index (χ1) is 18.5. The number of nitrogens with zero attached hydrogens (tertiary/aromatic N) is 3. The molecule has 0 spiro atoms. The van der Waals surface area contributed by atoms with E-state index in [2.05, 4.69) is 16.5 Å². The second-order valence-corrected chi connectivity index (χ2v) is 10.1. The van der Waals surface area contributed by atoms with Gasteiger partial charge in [0.1, 0.15) is 5.82 Å². The van der Waals surface area contributed by atoms with Crippen molar-refractivity contribution in [2.24, 2.45) is 0 Å². The lowest BCUT2D eigenvalue weighted by Gasteiger charge is -2.29. The Bertz CT molecular complexity index is 1500. The fraction of sp³-hybridized carbons (Fsp3) is 0.310. The van der Waals surface area contributed by atoms with Crippen LogP contribution in [0.4, 0.5) is 11.4 Å². The second-order valence-electron chi connectivity index (χ2n) is 9.42. The molecule has 2 N–H and O–H groups in total. The molecular weight excluding hydrogens is 500 g/mol. The third-order valence-corrected chi connectivity index (χ3v) is 7.27. The van der Waals surface area contributed by atoms with Gasteiger partial charge in [-0.1, -0.05) is 55.8 Å². The van der Waals surface area contributed by atoms with Crippen LogP contribution in [0.5, 0.6) is 0 Å². The molecule has 0 bridgehead atoms. The first-order valence-electron chi connectivity index (χ1n) is 13.0. The average Bonchev–Trinajstić information content (AvgIpc) is 2.94. The predicted molar refractivity (Wildman–Crippen MR) is 153 cm³/mol. The quantitative estimate of drug-likeness (QED) is 0.300. The van der Waals surface area contributed by atoms with Crippen molar-refractivity contribution in [1.82, 2.24) is 9.55 Å². The minimum atomic E-state index is -2.16. The second kappa shape index (κ2) is 11.9. The molecule has 2 heterocycles. The molecule has 1 atom stereocenters. The molecule has 38 heavy (non-hydrogen) atoms. The molecule has 8 nitrogen and oxygen atoms in total. The maximum Gasteiger partial charge on any atom is 0.261 e. The maximum absolute atomic E-state index is 13.8. The SMILES string of the molecule is CCCCc1nc2ccc(N3CCOCC3)cc2c(=O)n1Cc1ccc(-c2ccccc2NS(=O)O)cc1. The normalized spacial score (nSPS) is 14.5. The van der Waals surface area contributed by atoms with E-state index in [0.717, 1.165) is 66.1 Å². The Balaban J connectivity index is 1.48. The van der Waals surface area contributed by atoms with E-state index in [1.807, 2.05) is 60.7 Å². The summed E-state index contributed by atoms with van der Waals surface area (Å²) < 4.78 is 30.4. The molecule has 1 unspecified atom stereocenters. The monoisotopic (exact) mass is 532 g/mol. The molecule has 3 aromatic carbocycles. The molecule has 0 amide bonds. The number of nitrogens with one attached hydrogen (secondary N) is 1. The molecule has 4 aromatic rings. The Kier molecular flexibility index (Phi) is 8.17. The zero-order chi connectivity index (χ0) is 26.5. The molecule has 5 rings (SSSR count). The molecular formula is C29H32N4O4S. The van der Waals surface area contributed by atoms with Gasteiger partial charge in [0.2, 0.25) is 0 Å². The smallest absolute Gasteiger partial charge is 0.261 e. The number of anilines is 2. The van der Waals surface area contributed by atoms with Crippen LogP contribution in [0, 0.1) is 0 Å². The molecule has 0 aliphatic carbocycles. The summed E-state index contributed by atoms with van der Waals surface area (Å²) in [5.41, 5.74) is 5.02. The summed E-state index contributed by atoms with van der Waals surface area (Å²) >= 11 is -2.16. The largest absolute Gasteiger partial charge is 0.378 e. The van der Waals surface area contributed by atoms with Gasteiger partial charge in [-0.05, 0) is 41.8 Å². The average molecular weight is 533 g/mol. The number of morpholine rings is 1. The van der Waals surface area contributed by atoms with Crippen LogP contribution >= 0.6 is 0 Å². The molecule has 1 aromatic heterocycles. The van der Waals surface area contributed by atoms with Gasteiger partial charge in [-0.25, -0.2) is 9.19 Å². The molecule has 1 saturated heterocycles. The van der Waals surface area contributed by atoms with Crippen molar-refractivity contribution in [1.29, 1.82) is 0 Å². The summed E-state index contributed by atoms with van der Waals surface area (Å²) in [5, 5.41) is 0.628. The van der Waals surface area contributed by atoms with Gasteiger partial charge < -0.3 is 9.64 Å². The first kappa shape index (κ1) is 26.1. The number of aryl methyl sites for hydroxylation is 1. The van der Waals surface area contributed by atoms with Crippen LogP contribution in [0.1, 0.15) is 31.2 Å². The first-order valence-corrected chi connectivity index (χ1v) is 14.1. The summed E-state index contributed by atoms with van der Waals surface area (Å²) in [6, 6.07) is 21.3. The molecule has 0 radical (unpaired) electrons. The van der Waals surface area contributed by atoms with Gasteiger partial charge in [0, 0.05) is 30.8 Å². The number of ether oxygens (including phenoxy) is 1. The number of para-hydroxylation sites is 1. The summed E-state index contributed by atoms with van der Waals surface area (Å²) in [6.07, 6.45) is 2.71. The van der Waals surface area contributed by atoms with Crippen LogP contribution in [0.3, 0.4) is 0 Å². The van der Waals surface area contributed by atoms with E-state index in [9.17, 15) is 13.6 Å². The number of hydrogen-bond donors (Lipinski definition) is 2. The highest BCUT2D eigenvalue weighted by Gasteiger charge is 2.16. The van der Waals surface area contributed by atoms with Crippen LogP contribution < -0.4 is 15.2 Å². The van der Waals surface area contributed by atoms with E-state index in [4.69, 9.17) is 9.72 Å². The molecule has 1 fully saturated rings.